The van der Waals surface area contributed by atoms with Crippen molar-refractivity contribution in [2.24, 2.45) is 35.0 Å². The summed E-state index contributed by atoms with van der Waals surface area (Å²) in [5.41, 5.74) is 0.486. The number of carbonyl (C=O) groups excluding carboxylic acids is 1. The minimum Gasteiger partial charge on any atom is -0.438 e. The van der Waals surface area contributed by atoms with Crippen molar-refractivity contribution in [2.75, 3.05) is 7.11 Å². The van der Waals surface area contributed by atoms with Crippen molar-refractivity contribution >= 4 is 6.16 Å². The first kappa shape index (κ1) is 10.9. The molecule has 3 fully saturated rings. The average molecular weight is 248 g/mol. The third-order valence-corrected chi connectivity index (χ3v) is 6.40. The predicted molar refractivity (Wildman–Crippen MR) is 65.8 cm³/mol. The van der Waals surface area contributed by atoms with Crippen LogP contribution in [0.15, 0.2) is 12.2 Å². The van der Waals surface area contributed by atoms with Crippen molar-refractivity contribution in [3.63, 3.8) is 0 Å². The van der Waals surface area contributed by atoms with Gasteiger partial charge < -0.3 is 9.47 Å². The molecule has 4 bridgehead atoms. The SMILES string of the molecule is COC(=O)OC1CC2CC1C1C3C=CC(C3)C21C. The van der Waals surface area contributed by atoms with Crippen LogP contribution in [0.4, 0.5) is 4.79 Å². The van der Waals surface area contributed by atoms with Gasteiger partial charge in [-0.15, -0.1) is 0 Å². The molecule has 0 aromatic carbocycles. The lowest BCUT2D eigenvalue weighted by Crippen LogP contribution is -2.43. The fraction of sp³-hybridized carbons (Fsp3) is 0.800. The first-order valence-corrected chi connectivity index (χ1v) is 7.07. The first-order chi connectivity index (χ1) is 8.64. The summed E-state index contributed by atoms with van der Waals surface area (Å²) in [4.78, 5) is 11.3. The van der Waals surface area contributed by atoms with E-state index in [1.807, 2.05) is 0 Å². The van der Waals surface area contributed by atoms with Crippen LogP contribution in [0.1, 0.15) is 26.2 Å². The standard InChI is InChI=1S/C15H20O3/c1-15-9-4-3-8(5-9)13(15)11-6-10(15)7-12(11)18-14(16)17-2/h3-4,8-13H,5-7H2,1-2H3. The van der Waals surface area contributed by atoms with Gasteiger partial charge in [0.15, 0.2) is 0 Å². The van der Waals surface area contributed by atoms with Crippen LogP contribution in [0.25, 0.3) is 0 Å². The number of hydrogen-bond donors (Lipinski definition) is 0. The molecule has 0 saturated heterocycles. The van der Waals surface area contributed by atoms with Gasteiger partial charge in [0.1, 0.15) is 6.10 Å². The smallest absolute Gasteiger partial charge is 0.438 e. The fourth-order valence-corrected chi connectivity index (χ4v) is 5.74. The highest BCUT2D eigenvalue weighted by Crippen LogP contribution is 2.72. The molecule has 3 saturated carbocycles. The zero-order chi connectivity index (χ0) is 12.5. The second kappa shape index (κ2) is 3.31. The van der Waals surface area contributed by atoms with E-state index in [0.29, 0.717) is 11.3 Å². The molecule has 4 rings (SSSR count). The molecule has 4 aliphatic rings. The summed E-state index contributed by atoms with van der Waals surface area (Å²) in [6.07, 6.45) is 8.08. The van der Waals surface area contributed by atoms with Crippen LogP contribution in [0, 0.1) is 35.0 Å². The number of ether oxygens (including phenoxy) is 2. The molecule has 0 N–H and O–H groups in total. The minimum atomic E-state index is -0.507. The Bertz CT molecular complexity index is 429. The van der Waals surface area contributed by atoms with Crippen LogP contribution in [-0.4, -0.2) is 19.4 Å². The molecule has 0 heterocycles. The summed E-state index contributed by atoms with van der Waals surface area (Å²) in [7, 11) is 1.39. The maximum absolute atomic E-state index is 11.3. The van der Waals surface area contributed by atoms with E-state index in [0.717, 1.165) is 30.1 Å². The van der Waals surface area contributed by atoms with Crippen molar-refractivity contribution in [3.05, 3.63) is 12.2 Å². The van der Waals surface area contributed by atoms with Crippen molar-refractivity contribution in [2.45, 2.75) is 32.3 Å². The van der Waals surface area contributed by atoms with Crippen LogP contribution in [0.2, 0.25) is 0 Å². The highest BCUT2D eigenvalue weighted by atomic mass is 16.7. The molecule has 3 heteroatoms. The lowest BCUT2D eigenvalue weighted by Gasteiger charge is -2.44. The van der Waals surface area contributed by atoms with E-state index in [9.17, 15) is 4.79 Å². The van der Waals surface area contributed by atoms with E-state index in [4.69, 9.17) is 4.74 Å². The van der Waals surface area contributed by atoms with Gasteiger partial charge in [-0.2, -0.15) is 0 Å². The second-order valence-electron chi connectivity index (χ2n) is 6.73. The monoisotopic (exact) mass is 248 g/mol. The number of fused-ring (bicyclic) bond motifs is 9. The van der Waals surface area contributed by atoms with Gasteiger partial charge in [-0.3, -0.25) is 0 Å². The molecule has 18 heavy (non-hydrogen) atoms. The number of hydrogen-bond acceptors (Lipinski definition) is 3. The molecule has 0 amide bonds. The van der Waals surface area contributed by atoms with Gasteiger partial charge in [0.05, 0.1) is 7.11 Å². The molecule has 7 atom stereocenters. The fourth-order valence-electron chi connectivity index (χ4n) is 5.74. The third-order valence-electron chi connectivity index (χ3n) is 6.40. The summed E-state index contributed by atoms with van der Waals surface area (Å²) in [5.74, 6) is 3.56. The molecule has 0 spiro atoms. The molecule has 0 aromatic rings. The quantitative estimate of drug-likeness (QED) is 0.406. The molecular weight excluding hydrogens is 228 g/mol. The van der Waals surface area contributed by atoms with Crippen molar-refractivity contribution < 1.29 is 14.3 Å². The number of carbonyl (C=O) groups is 1. The normalized spacial score (nSPS) is 54.8. The molecule has 0 aliphatic heterocycles. The predicted octanol–water partition coefficient (Wildman–Crippen LogP) is 3.01. The first-order valence-electron chi connectivity index (χ1n) is 7.07. The number of methoxy groups -OCH3 is 1. The molecule has 4 aliphatic carbocycles. The zero-order valence-corrected chi connectivity index (χ0v) is 11.0. The molecule has 7 unspecified atom stereocenters. The van der Waals surface area contributed by atoms with E-state index in [1.54, 1.807) is 0 Å². The van der Waals surface area contributed by atoms with Gasteiger partial charge in [-0.1, -0.05) is 19.1 Å². The van der Waals surface area contributed by atoms with Gasteiger partial charge in [0, 0.05) is 5.92 Å². The Labute approximate surface area is 108 Å². The summed E-state index contributed by atoms with van der Waals surface area (Å²) in [6, 6.07) is 0. The van der Waals surface area contributed by atoms with Crippen molar-refractivity contribution in [1.82, 2.24) is 0 Å². The van der Waals surface area contributed by atoms with Gasteiger partial charge in [-0.05, 0) is 48.3 Å². The Morgan fingerprint density at radius 1 is 1.28 bits per heavy atom. The summed E-state index contributed by atoms with van der Waals surface area (Å²) >= 11 is 0. The highest BCUT2D eigenvalue weighted by molar-refractivity contribution is 5.60. The lowest BCUT2D eigenvalue weighted by atomic mass is 9.61. The number of rotatable bonds is 1. The van der Waals surface area contributed by atoms with Crippen LogP contribution in [-0.2, 0) is 9.47 Å². The summed E-state index contributed by atoms with van der Waals surface area (Å²) < 4.78 is 10.1. The van der Waals surface area contributed by atoms with Crippen LogP contribution < -0.4 is 0 Å². The highest BCUT2D eigenvalue weighted by Gasteiger charge is 2.68. The largest absolute Gasteiger partial charge is 0.508 e. The van der Waals surface area contributed by atoms with E-state index in [2.05, 4.69) is 23.8 Å². The molecule has 0 radical (unpaired) electrons. The number of allylic oxidation sites excluding steroid dienone is 2. The topological polar surface area (TPSA) is 35.5 Å². The van der Waals surface area contributed by atoms with Crippen LogP contribution >= 0.6 is 0 Å². The van der Waals surface area contributed by atoms with E-state index >= 15 is 0 Å². The average Bonchev–Trinajstić information content (AvgIpc) is 3.05. The van der Waals surface area contributed by atoms with Crippen molar-refractivity contribution in [3.8, 4) is 0 Å². The Balaban J connectivity index is 1.61. The molecular formula is C15H20O3. The van der Waals surface area contributed by atoms with Gasteiger partial charge >= 0.3 is 6.16 Å². The maximum Gasteiger partial charge on any atom is 0.508 e. The zero-order valence-electron chi connectivity index (χ0n) is 11.0. The third kappa shape index (κ3) is 1.09. The van der Waals surface area contributed by atoms with Gasteiger partial charge in [0.25, 0.3) is 0 Å². The Morgan fingerprint density at radius 3 is 2.89 bits per heavy atom. The summed E-state index contributed by atoms with van der Waals surface area (Å²) in [5, 5.41) is 0. The molecule has 0 aromatic heterocycles. The van der Waals surface area contributed by atoms with E-state index in [1.165, 1.54) is 20.0 Å². The van der Waals surface area contributed by atoms with Gasteiger partial charge in [0.2, 0.25) is 0 Å². The van der Waals surface area contributed by atoms with Crippen LogP contribution in [0.3, 0.4) is 0 Å². The minimum absolute atomic E-state index is 0.105. The Hall–Kier alpha value is -0.990. The Morgan fingerprint density at radius 2 is 2.11 bits per heavy atom. The van der Waals surface area contributed by atoms with Crippen LogP contribution in [0.5, 0.6) is 0 Å². The second-order valence-corrected chi connectivity index (χ2v) is 6.73. The summed E-state index contributed by atoms with van der Waals surface area (Å²) in [6.45, 7) is 2.48. The van der Waals surface area contributed by atoms with Gasteiger partial charge in [-0.25, -0.2) is 4.79 Å². The Kier molecular flexibility index (Phi) is 2.00. The maximum atomic E-state index is 11.3. The van der Waals surface area contributed by atoms with Crippen molar-refractivity contribution in [1.29, 1.82) is 0 Å². The molecule has 98 valence electrons. The van der Waals surface area contributed by atoms with E-state index in [-0.39, 0.29) is 6.10 Å². The van der Waals surface area contributed by atoms with E-state index < -0.39 is 6.16 Å². The lowest BCUT2D eigenvalue weighted by molar-refractivity contribution is -0.0334. The molecule has 3 nitrogen and oxygen atoms in total.